The Labute approximate surface area is 892 Å². The number of methoxy groups -OCH3 is 2. The van der Waals surface area contributed by atoms with Gasteiger partial charge in [-0.25, -0.2) is 24.9 Å². The molecule has 20 aromatic rings. The van der Waals surface area contributed by atoms with Gasteiger partial charge in [-0.15, -0.1) is 0 Å². The predicted octanol–water partition coefficient (Wildman–Crippen LogP) is 28.3. The van der Waals surface area contributed by atoms with Crippen molar-refractivity contribution in [2.45, 2.75) is 47.5 Å². The molecule has 748 valence electrons. The molecule has 0 saturated carbocycles. The highest BCUT2D eigenvalue weighted by Gasteiger charge is 2.25. The first-order valence-electron chi connectivity index (χ1n) is 46.7. The maximum atomic E-state index is 12.9. The van der Waals surface area contributed by atoms with E-state index < -0.39 is 0 Å². The summed E-state index contributed by atoms with van der Waals surface area (Å²) in [6.07, 6.45) is 3.78. The number of ether oxygens (including phenoxy) is 8. The minimum absolute atomic E-state index is 0.00102. The Morgan fingerprint density at radius 1 is 0.302 bits per heavy atom. The molecular weight excluding hydrogens is 2060 g/mol. The zero-order valence-corrected chi connectivity index (χ0v) is 86.5. The van der Waals surface area contributed by atoms with Crippen LogP contribution in [0.1, 0.15) is 90.7 Å². The lowest BCUT2D eigenvalue weighted by Crippen LogP contribution is -2.17. The third-order valence-electron chi connectivity index (χ3n) is 24.6. The zero-order valence-electron chi connectivity index (χ0n) is 80.5. The van der Waals surface area contributed by atoms with Gasteiger partial charge in [0.1, 0.15) is 80.3 Å². The molecule has 0 bridgehead atoms. The quantitative estimate of drug-likeness (QED) is 0.0349. The summed E-state index contributed by atoms with van der Waals surface area (Å²) in [7, 11) is 3.08. The molecule has 8 N–H and O–H groups in total. The second kappa shape index (κ2) is 44.8. The number of carbonyl (C=O) groups is 5. The Kier molecular flexibility index (Phi) is 30.6. The van der Waals surface area contributed by atoms with Crippen molar-refractivity contribution in [1.29, 1.82) is 0 Å². The number of anilines is 3. The number of carbonyl (C=O) groups excluding carboxylic acids is 5. The second-order valence-electron chi connectivity index (χ2n) is 35.0. The number of Topliss-reactive ketones (excluding diaryl/α,β-unsaturated/α-hetero) is 2. The summed E-state index contributed by atoms with van der Waals surface area (Å²) < 4.78 is 43.7. The van der Waals surface area contributed by atoms with E-state index in [0.717, 1.165) is 77.5 Å². The maximum Gasteiger partial charge on any atom is 0.255 e. The van der Waals surface area contributed by atoms with Gasteiger partial charge >= 0.3 is 0 Å². The number of hydrogen-bond acceptors (Lipinski definition) is 19. The number of imidazole rings is 5. The minimum Gasteiger partial charge on any atom is -0.497 e. The number of hydrogen-bond donors (Lipinski definition) is 8. The van der Waals surface area contributed by atoms with Crippen LogP contribution in [-0.4, -0.2) is 138 Å². The van der Waals surface area contributed by atoms with E-state index >= 15 is 0 Å². The van der Waals surface area contributed by atoms with Crippen LogP contribution in [0.25, 0.3) is 112 Å². The van der Waals surface area contributed by atoms with Crippen molar-refractivity contribution in [3.63, 3.8) is 0 Å². The van der Waals surface area contributed by atoms with Crippen LogP contribution in [0.3, 0.4) is 0 Å². The van der Waals surface area contributed by atoms with Crippen LogP contribution in [0, 0.1) is 34.6 Å². The molecule has 35 heteroatoms. The fourth-order valence-corrected chi connectivity index (χ4v) is 18.1. The number of benzene rings is 14. The molecule has 14 aromatic carbocycles. The Balaban J connectivity index is 0.000000117. The monoisotopic (exact) mass is 2140 g/mol. The lowest BCUT2D eigenvalue weighted by atomic mass is 10.0. The van der Waals surface area contributed by atoms with Gasteiger partial charge in [-0.1, -0.05) is 111 Å². The zero-order chi connectivity index (χ0) is 104. The molecule has 0 aliphatic carbocycles. The molecule has 149 heavy (non-hydrogen) atoms. The third-order valence-corrected chi connectivity index (χ3v) is 27.2. The number of halogens is 8. The molecule has 6 aromatic heterocycles. The number of fused-ring (bicyclic) bond motifs is 8. The number of nitrogens with one attached hydrogen (secondary N) is 8. The molecule has 0 saturated heterocycles. The average molecular weight is 2150 g/mol. The van der Waals surface area contributed by atoms with Gasteiger partial charge in [-0.3, -0.25) is 29.0 Å². The largest absolute Gasteiger partial charge is 0.497 e. The number of ketones is 2. The van der Waals surface area contributed by atoms with E-state index in [1.165, 1.54) is 36.5 Å². The highest BCUT2D eigenvalue weighted by molar-refractivity contribution is 6.43. The molecule has 23 rings (SSSR count). The van der Waals surface area contributed by atoms with Crippen molar-refractivity contribution in [2.24, 2.45) is 0 Å². The average Bonchev–Trinajstić information content (AvgIpc) is 1.77. The standard InChI is InChI=1S/C25H21ClN2O3.C23H20ClN3O3.C22H14Cl3N3O3.C22H15Cl2N3O3.C22H18ClN3O/c1-14-9-20-21(10-15(14)2)28-25(27-20)18-11-16(3-5-19(18)26)12-22(29)17-4-6-23-24(13-17)31-8-7-30-23;1-13-4-7-20-21(8-13)27-22(26-20)18-11-15(5-6-19(18)24)25-23(28)14-9-16(29-2)12-17(10-14)30-3;23-14-3-2-12(26-22(29)11-1-4-19-20(7-11)31-6-5-30-19)8-13(14)21-27-17-9-15(24)16(25)10-18(17)28-21;23-13-2-5-17-18(10-13)27-21(26-17)15-11-14(3-4-16(15)24)25-22(28)12-1-6-19-20(9-12)30-8-7-29-19;1-13-8-19-20(9-14(13)2)26-22(25-19)17-10-15(5-6-18(17)23)11-21(27)16-4-3-7-24-12-16/h3-6,9-11,13H,7-8,12H2,1-2H3,(H,27,28);4-12H,1-3H3,(H,25,28)(H,26,27);1-4,7-10H,5-6H2,(H,26,29)(H,27,28);1-6,9-11H,7-8H2,(H,25,28)(H,26,27);3-10,12H,11H2,1-2H3,(H,25,26). The smallest absolute Gasteiger partial charge is 0.255 e. The lowest BCUT2D eigenvalue weighted by molar-refractivity contribution is 0.0984. The molecule has 0 fully saturated rings. The lowest BCUT2D eigenvalue weighted by Gasteiger charge is -2.18. The van der Waals surface area contributed by atoms with Gasteiger partial charge in [0.25, 0.3) is 17.7 Å². The molecule has 27 nitrogen and oxygen atoms in total. The van der Waals surface area contributed by atoms with Gasteiger partial charge in [0.2, 0.25) is 0 Å². The van der Waals surface area contributed by atoms with Gasteiger partial charge in [0.05, 0.1) is 105 Å². The van der Waals surface area contributed by atoms with Crippen molar-refractivity contribution < 1.29 is 61.9 Å². The van der Waals surface area contributed by atoms with Gasteiger partial charge in [0, 0.05) is 109 Å². The summed E-state index contributed by atoms with van der Waals surface area (Å²) in [4.78, 5) is 107. The first-order chi connectivity index (χ1) is 72.0. The molecule has 0 unspecified atom stereocenters. The molecule has 0 atom stereocenters. The number of amides is 3. The van der Waals surface area contributed by atoms with Crippen molar-refractivity contribution in [3.05, 3.63) is 368 Å². The van der Waals surface area contributed by atoms with Gasteiger partial charge in [0.15, 0.2) is 46.1 Å². The maximum absolute atomic E-state index is 12.9. The summed E-state index contributed by atoms with van der Waals surface area (Å²) in [6, 6.07) is 74.0. The Morgan fingerprint density at radius 3 is 1.08 bits per heavy atom. The predicted molar refractivity (Wildman–Crippen MR) is 587 cm³/mol. The normalized spacial score (nSPS) is 12.1. The van der Waals surface area contributed by atoms with E-state index in [2.05, 4.69) is 118 Å². The van der Waals surface area contributed by atoms with E-state index in [9.17, 15) is 24.0 Å². The Hall–Kier alpha value is -16.0. The summed E-state index contributed by atoms with van der Waals surface area (Å²) in [5.74, 6) is 7.08. The van der Waals surface area contributed by atoms with Crippen LogP contribution in [0.4, 0.5) is 17.1 Å². The highest BCUT2D eigenvalue weighted by atomic mass is 35.5. The van der Waals surface area contributed by atoms with E-state index in [1.807, 2.05) is 67.6 Å². The molecule has 0 radical (unpaired) electrons. The van der Waals surface area contributed by atoms with Crippen molar-refractivity contribution in [2.75, 3.05) is 69.8 Å². The van der Waals surface area contributed by atoms with Crippen LogP contribution >= 0.6 is 92.8 Å². The number of aromatic nitrogens is 11. The molecule has 3 aliphatic heterocycles. The molecular formula is C114H88Cl8N14O13. The van der Waals surface area contributed by atoms with Crippen LogP contribution in [0.5, 0.6) is 46.0 Å². The van der Waals surface area contributed by atoms with Crippen molar-refractivity contribution >= 4 is 194 Å². The number of nitrogens with zero attached hydrogens (tertiary/aromatic N) is 6. The number of H-pyrrole nitrogens is 5. The van der Waals surface area contributed by atoms with Crippen molar-refractivity contribution in [1.82, 2.24) is 54.8 Å². The van der Waals surface area contributed by atoms with Gasteiger partial charge in [-0.05, 0) is 298 Å². The van der Waals surface area contributed by atoms with E-state index in [-0.39, 0.29) is 42.1 Å². The SMILES string of the molecule is COc1cc(OC)cc(C(=O)Nc2ccc(Cl)c(-c3nc4ccc(C)cc4[nH]3)c2)c1.Cc1cc2nc(-c3cc(CC(=O)c4ccc5c(c4)OCCO5)ccc3Cl)[nH]c2cc1C.Cc1cc2nc(-c3cc(CC(=O)c4cccnc4)ccc3Cl)[nH]c2cc1C.O=C(Nc1ccc(Cl)c(-c2nc3cc(Cl)c(Cl)cc3[nH]2)c1)c1ccc2c(c1)OCCO2.O=C(Nc1ccc(Cl)c(-c2nc3ccc(Cl)cc3[nH]2)c1)c1ccc2c(c1)OCCO2. The molecule has 9 heterocycles. The van der Waals surface area contributed by atoms with Crippen LogP contribution in [-0.2, 0) is 12.8 Å². The van der Waals surface area contributed by atoms with Gasteiger partial charge in [-0.2, -0.15) is 0 Å². The van der Waals surface area contributed by atoms with Crippen LogP contribution in [0.2, 0.25) is 40.2 Å². The highest BCUT2D eigenvalue weighted by Crippen LogP contribution is 2.42. The fourth-order valence-electron chi connectivity index (χ4n) is 16.6. The summed E-state index contributed by atoms with van der Waals surface area (Å²) >= 11 is 50.3. The number of rotatable bonds is 19. The van der Waals surface area contributed by atoms with Gasteiger partial charge < -0.3 is 78.8 Å². The molecule has 0 spiro atoms. The third kappa shape index (κ3) is 23.7. The topological polar surface area (TPSA) is 352 Å². The summed E-state index contributed by atoms with van der Waals surface area (Å²) in [5.41, 5.74) is 24.0. The first-order valence-corrected chi connectivity index (χ1v) is 49.7. The molecule has 3 amide bonds. The fraction of sp³-hybridized carbons (Fsp3) is 0.132. The number of aryl methyl sites for hydroxylation is 5. The second-order valence-corrected chi connectivity index (χ2v) is 38.3. The number of pyridine rings is 1. The Morgan fingerprint density at radius 2 is 0.651 bits per heavy atom. The summed E-state index contributed by atoms with van der Waals surface area (Å²) in [5, 5.41) is 12.8. The van der Waals surface area contributed by atoms with Crippen LogP contribution in [0.15, 0.2) is 261 Å². The van der Waals surface area contributed by atoms with Crippen molar-refractivity contribution in [3.8, 4) is 103 Å². The van der Waals surface area contributed by atoms with E-state index in [0.29, 0.717) is 222 Å². The van der Waals surface area contributed by atoms with Crippen LogP contribution < -0.4 is 53.8 Å². The first kappa shape index (κ1) is 102. The summed E-state index contributed by atoms with van der Waals surface area (Å²) in [6.45, 7) is 13.2. The number of aromatic amines is 5. The Bertz CT molecular complexity index is 8300. The van der Waals surface area contributed by atoms with E-state index in [1.54, 1.807) is 176 Å². The van der Waals surface area contributed by atoms with E-state index in [4.69, 9.17) is 136 Å². The molecule has 3 aliphatic rings. The minimum atomic E-state index is -0.291.